The summed E-state index contributed by atoms with van der Waals surface area (Å²) in [6.07, 6.45) is 0.531. The van der Waals surface area contributed by atoms with Crippen LogP contribution in [-0.2, 0) is 0 Å². The van der Waals surface area contributed by atoms with Gasteiger partial charge in [-0.25, -0.2) is 4.39 Å². The fourth-order valence-electron chi connectivity index (χ4n) is 1.58. The minimum atomic E-state index is -1.17. The number of hydrogen-bond acceptors (Lipinski definition) is 3. The number of aliphatic hydroxyl groups is 2. The number of likely N-dealkylation sites (tertiary alicyclic amines) is 1. The minimum absolute atomic E-state index is 0.411. The molecule has 1 heterocycles. The fourth-order valence-corrected chi connectivity index (χ4v) is 1.58. The van der Waals surface area contributed by atoms with Gasteiger partial charge in [-0.1, -0.05) is 27.7 Å². The average molecular weight is 249 g/mol. The van der Waals surface area contributed by atoms with Gasteiger partial charge in [0.15, 0.2) is 0 Å². The normalized spacial score (nSPS) is 22.6. The number of piperidine rings is 1. The maximum atomic E-state index is 12.2. The van der Waals surface area contributed by atoms with Gasteiger partial charge in [-0.3, -0.25) is 0 Å². The van der Waals surface area contributed by atoms with E-state index in [1.807, 2.05) is 13.8 Å². The second-order valence-electron chi connectivity index (χ2n) is 3.86. The maximum Gasteiger partial charge on any atom is 0.148 e. The third-order valence-electron chi connectivity index (χ3n) is 2.47. The average Bonchev–Trinajstić information content (AvgIpc) is 2.31. The quantitative estimate of drug-likeness (QED) is 0.702. The van der Waals surface area contributed by atoms with E-state index in [1.54, 1.807) is 0 Å². The molecule has 2 N–H and O–H groups in total. The van der Waals surface area contributed by atoms with E-state index in [1.165, 1.54) is 6.92 Å². The lowest BCUT2D eigenvalue weighted by atomic mass is 9.95. The Hall–Kier alpha value is -0.450. The van der Waals surface area contributed by atoms with Gasteiger partial charge >= 0.3 is 0 Å². The van der Waals surface area contributed by atoms with E-state index < -0.39 is 6.29 Å². The molecule has 0 amide bonds. The van der Waals surface area contributed by atoms with Crippen LogP contribution in [0.5, 0.6) is 0 Å². The molecule has 3 nitrogen and oxygen atoms in total. The topological polar surface area (TPSA) is 43.7 Å². The van der Waals surface area contributed by atoms with Crippen LogP contribution in [0.25, 0.3) is 0 Å². The van der Waals surface area contributed by atoms with Crippen LogP contribution in [0.4, 0.5) is 4.39 Å². The van der Waals surface area contributed by atoms with Crippen LogP contribution in [0.1, 0.15) is 41.0 Å². The number of nitrogens with zero attached hydrogens (tertiary/aromatic N) is 1. The van der Waals surface area contributed by atoms with E-state index in [9.17, 15) is 4.39 Å². The third-order valence-corrected chi connectivity index (χ3v) is 2.47. The Morgan fingerprint density at radius 3 is 2.24 bits per heavy atom. The van der Waals surface area contributed by atoms with Crippen molar-refractivity contribution in [2.45, 2.75) is 47.3 Å². The first-order chi connectivity index (χ1) is 8.01. The molecule has 104 valence electrons. The molecule has 0 aromatic heterocycles. The van der Waals surface area contributed by atoms with Gasteiger partial charge in [-0.2, -0.15) is 0 Å². The Labute approximate surface area is 105 Å². The van der Waals surface area contributed by atoms with E-state index >= 15 is 0 Å². The first-order valence-corrected chi connectivity index (χ1v) is 6.38. The van der Waals surface area contributed by atoms with E-state index in [2.05, 4.69) is 18.7 Å². The molecule has 0 bridgehead atoms. The van der Waals surface area contributed by atoms with E-state index in [-0.39, 0.29) is 0 Å². The second-order valence-corrected chi connectivity index (χ2v) is 3.86. The zero-order valence-electron chi connectivity index (χ0n) is 11.8. The van der Waals surface area contributed by atoms with Crippen LogP contribution < -0.4 is 0 Å². The van der Waals surface area contributed by atoms with Crippen molar-refractivity contribution in [3.05, 3.63) is 11.9 Å². The Bertz CT molecular complexity index is 193. The molecule has 1 atom stereocenters. The largest absolute Gasteiger partial charge is 0.368 e. The molecule has 1 aliphatic rings. The van der Waals surface area contributed by atoms with Gasteiger partial charge in [0.1, 0.15) is 6.29 Å². The highest BCUT2D eigenvalue weighted by Crippen LogP contribution is 2.21. The summed E-state index contributed by atoms with van der Waals surface area (Å²) in [4.78, 5) is 2.36. The lowest BCUT2D eigenvalue weighted by molar-refractivity contribution is -0.0228. The van der Waals surface area contributed by atoms with Crippen LogP contribution in [0.15, 0.2) is 11.9 Å². The van der Waals surface area contributed by atoms with Crippen molar-refractivity contribution in [3.8, 4) is 0 Å². The third kappa shape index (κ3) is 10.4. The van der Waals surface area contributed by atoms with Crippen LogP contribution in [-0.4, -0.2) is 41.0 Å². The first kappa shape index (κ1) is 18.9. The Morgan fingerprint density at radius 2 is 1.94 bits per heavy atom. The highest BCUT2D eigenvalue weighted by Gasteiger charge is 2.18. The number of aliphatic hydroxyl groups excluding tert-OH is 1. The summed E-state index contributed by atoms with van der Waals surface area (Å²) in [5.74, 6) is 0.411. The SMILES string of the molecule is CC.CC(O)O.CCN1CC/C(=C\F)C(C)C1. The predicted octanol–water partition coefficient (Wildman–Crippen LogP) is 2.54. The van der Waals surface area contributed by atoms with Crippen molar-refractivity contribution in [1.82, 2.24) is 4.90 Å². The minimum Gasteiger partial charge on any atom is -0.368 e. The Kier molecular flexibility index (Phi) is 13.4. The molecule has 0 spiro atoms. The summed E-state index contributed by atoms with van der Waals surface area (Å²) in [5, 5.41) is 15.2. The Balaban J connectivity index is 0. The Morgan fingerprint density at radius 1 is 1.47 bits per heavy atom. The van der Waals surface area contributed by atoms with Crippen molar-refractivity contribution in [1.29, 1.82) is 0 Å². The van der Waals surface area contributed by atoms with Gasteiger partial charge in [-0.05, 0) is 31.4 Å². The maximum absolute atomic E-state index is 12.2. The summed E-state index contributed by atoms with van der Waals surface area (Å²) < 4.78 is 12.2. The van der Waals surface area contributed by atoms with Crippen molar-refractivity contribution in [2.24, 2.45) is 5.92 Å². The van der Waals surface area contributed by atoms with E-state index in [4.69, 9.17) is 10.2 Å². The summed E-state index contributed by atoms with van der Waals surface area (Å²) in [6, 6.07) is 0. The molecule has 0 radical (unpaired) electrons. The van der Waals surface area contributed by atoms with E-state index in [0.717, 1.165) is 38.0 Å². The fraction of sp³-hybridized carbons (Fsp3) is 0.846. The number of halogens is 1. The van der Waals surface area contributed by atoms with Crippen LogP contribution in [0.2, 0.25) is 0 Å². The highest BCUT2D eigenvalue weighted by atomic mass is 19.1. The second kappa shape index (κ2) is 12.0. The standard InChI is InChI=1S/C9H16FN.C2H6O2.C2H6/c1-3-11-5-4-9(6-10)8(2)7-11;1-2(3)4;1-2/h6,8H,3-5,7H2,1-2H3;2-4H,1H3;1-2H3/b9-6+;;. The van der Waals surface area contributed by atoms with Gasteiger partial charge in [0.25, 0.3) is 0 Å². The monoisotopic (exact) mass is 249 g/mol. The zero-order chi connectivity index (χ0) is 13.8. The molecule has 0 aliphatic carbocycles. The zero-order valence-corrected chi connectivity index (χ0v) is 11.8. The molecule has 4 heteroatoms. The van der Waals surface area contributed by atoms with Crippen LogP contribution >= 0.6 is 0 Å². The molecule has 1 saturated heterocycles. The highest BCUT2D eigenvalue weighted by molar-refractivity contribution is 5.06. The number of rotatable bonds is 1. The molecule has 1 rings (SSSR count). The molecule has 0 aromatic rings. The summed E-state index contributed by atoms with van der Waals surface area (Å²) in [7, 11) is 0. The summed E-state index contributed by atoms with van der Waals surface area (Å²) in [5.41, 5.74) is 0.981. The lowest BCUT2D eigenvalue weighted by Crippen LogP contribution is -2.35. The van der Waals surface area contributed by atoms with Crippen molar-refractivity contribution >= 4 is 0 Å². The molecular formula is C13H28FNO2. The van der Waals surface area contributed by atoms with Gasteiger partial charge in [-0.15, -0.1) is 0 Å². The molecule has 0 aromatic carbocycles. The predicted molar refractivity (Wildman–Crippen MR) is 70.3 cm³/mol. The van der Waals surface area contributed by atoms with Gasteiger partial charge < -0.3 is 15.1 Å². The molecular weight excluding hydrogens is 221 g/mol. The molecule has 1 unspecified atom stereocenters. The van der Waals surface area contributed by atoms with Crippen LogP contribution in [0, 0.1) is 5.92 Å². The molecule has 0 saturated carbocycles. The smallest absolute Gasteiger partial charge is 0.148 e. The van der Waals surface area contributed by atoms with Crippen molar-refractivity contribution in [3.63, 3.8) is 0 Å². The van der Waals surface area contributed by atoms with Gasteiger partial charge in [0, 0.05) is 13.1 Å². The molecule has 17 heavy (non-hydrogen) atoms. The van der Waals surface area contributed by atoms with Crippen molar-refractivity contribution < 1.29 is 14.6 Å². The van der Waals surface area contributed by atoms with Gasteiger partial charge in [0.2, 0.25) is 0 Å². The molecule has 1 aliphatic heterocycles. The number of hydrogen-bond donors (Lipinski definition) is 2. The van der Waals surface area contributed by atoms with Crippen molar-refractivity contribution in [2.75, 3.05) is 19.6 Å². The summed E-state index contributed by atoms with van der Waals surface area (Å²) >= 11 is 0. The van der Waals surface area contributed by atoms with Crippen LogP contribution in [0.3, 0.4) is 0 Å². The van der Waals surface area contributed by atoms with E-state index in [0.29, 0.717) is 5.92 Å². The first-order valence-electron chi connectivity index (χ1n) is 6.38. The summed E-state index contributed by atoms with van der Waals surface area (Å²) in [6.45, 7) is 12.6. The van der Waals surface area contributed by atoms with Gasteiger partial charge in [0.05, 0.1) is 6.33 Å². The molecule has 1 fully saturated rings. The lowest BCUT2D eigenvalue weighted by Gasteiger charge is -2.31.